The number of rotatable bonds is 5. The molecule has 0 atom stereocenters. The molecule has 1 aromatic carbocycles. The summed E-state index contributed by atoms with van der Waals surface area (Å²) in [6, 6.07) is 6.99. The molecule has 2 N–H and O–H groups in total. The Kier molecular flexibility index (Phi) is 5.48. The van der Waals surface area contributed by atoms with E-state index in [2.05, 4.69) is 15.6 Å². The van der Waals surface area contributed by atoms with Crippen molar-refractivity contribution >= 4 is 45.6 Å². The van der Waals surface area contributed by atoms with Gasteiger partial charge >= 0.3 is 0 Å². The molecule has 1 aliphatic rings. The fourth-order valence-electron chi connectivity index (χ4n) is 2.78. The van der Waals surface area contributed by atoms with Crippen LogP contribution in [0.3, 0.4) is 0 Å². The largest absolute Gasteiger partial charge is 0.326 e. The second-order valence-corrected chi connectivity index (χ2v) is 7.14. The summed E-state index contributed by atoms with van der Waals surface area (Å²) in [5, 5.41) is 8.55. The molecule has 3 rings (SSSR count). The van der Waals surface area contributed by atoms with Crippen LogP contribution in [0.1, 0.15) is 31.4 Å². The highest BCUT2D eigenvalue weighted by atomic mass is 35.5. The van der Waals surface area contributed by atoms with Crippen LogP contribution >= 0.6 is 22.9 Å². The number of aromatic nitrogens is 1. The van der Waals surface area contributed by atoms with Crippen molar-refractivity contribution in [3.63, 3.8) is 0 Å². The molecule has 2 aromatic rings. The van der Waals surface area contributed by atoms with Crippen molar-refractivity contribution < 1.29 is 9.59 Å². The summed E-state index contributed by atoms with van der Waals surface area (Å²) in [4.78, 5) is 28.5. The normalized spacial score (nSPS) is 14.5. The average molecular weight is 364 g/mol. The van der Waals surface area contributed by atoms with Gasteiger partial charge in [0, 0.05) is 22.0 Å². The van der Waals surface area contributed by atoms with Crippen molar-refractivity contribution in [2.75, 3.05) is 10.6 Å². The molecule has 1 saturated carbocycles. The Balaban J connectivity index is 1.53. The Labute approximate surface area is 149 Å². The first-order valence-corrected chi connectivity index (χ1v) is 9.16. The zero-order valence-electron chi connectivity index (χ0n) is 13.0. The Morgan fingerprint density at radius 1 is 1.25 bits per heavy atom. The molecule has 1 aromatic heterocycles. The van der Waals surface area contributed by atoms with Gasteiger partial charge in [0.15, 0.2) is 5.13 Å². The zero-order chi connectivity index (χ0) is 16.9. The molecule has 5 nitrogen and oxygen atoms in total. The fourth-order valence-corrected chi connectivity index (χ4v) is 3.68. The predicted molar refractivity (Wildman–Crippen MR) is 96.5 cm³/mol. The zero-order valence-corrected chi connectivity index (χ0v) is 14.6. The number of halogens is 1. The molecule has 0 saturated heterocycles. The van der Waals surface area contributed by atoms with Gasteiger partial charge in [0.1, 0.15) is 0 Å². The molecule has 1 fully saturated rings. The molecule has 0 bridgehead atoms. The third kappa shape index (κ3) is 4.55. The summed E-state index contributed by atoms with van der Waals surface area (Å²) < 4.78 is 0. The summed E-state index contributed by atoms with van der Waals surface area (Å²) in [6.45, 7) is 0. The molecular formula is C17H18ClN3O2S. The van der Waals surface area contributed by atoms with Gasteiger partial charge in [0.25, 0.3) is 0 Å². The lowest BCUT2D eigenvalue weighted by atomic mass is 10.1. The van der Waals surface area contributed by atoms with E-state index < -0.39 is 0 Å². The minimum Gasteiger partial charge on any atom is -0.326 e. The van der Waals surface area contributed by atoms with Gasteiger partial charge in [-0.1, -0.05) is 30.5 Å². The van der Waals surface area contributed by atoms with E-state index in [0.717, 1.165) is 25.7 Å². The predicted octanol–water partition coefficient (Wildman–Crippen LogP) is 4.11. The summed E-state index contributed by atoms with van der Waals surface area (Å²) >= 11 is 7.24. The quantitative estimate of drug-likeness (QED) is 0.839. The molecule has 0 spiro atoms. The number of nitrogens with one attached hydrogen (secondary N) is 2. The summed E-state index contributed by atoms with van der Waals surface area (Å²) in [5.74, 6) is -0.0310. The first-order valence-electron chi connectivity index (χ1n) is 7.91. The van der Waals surface area contributed by atoms with Gasteiger partial charge in [-0.25, -0.2) is 4.98 Å². The van der Waals surface area contributed by atoms with Crippen LogP contribution in [0, 0.1) is 5.92 Å². The molecule has 126 valence electrons. The lowest BCUT2D eigenvalue weighted by molar-refractivity contribution is -0.119. The average Bonchev–Trinajstić information content (AvgIpc) is 3.19. The summed E-state index contributed by atoms with van der Waals surface area (Å²) in [7, 11) is 0. The van der Waals surface area contributed by atoms with Crippen LogP contribution in [0.4, 0.5) is 10.8 Å². The van der Waals surface area contributed by atoms with Crippen LogP contribution in [-0.4, -0.2) is 16.8 Å². The van der Waals surface area contributed by atoms with E-state index in [1.807, 2.05) is 0 Å². The third-order valence-electron chi connectivity index (χ3n) is 3.96. The van der Waals surface area contributed by atoms with Crippen LogP contribution in [0.5, 0.6) is 0 Å². The molecule has 2 amide bonds. The van der Waals surface area contributed by atoms with Gasteiger partial charge in [0.05, 0.1) is 12.1 Å². The van der Waals surface area contributed by atoms with E-state index >= 15 is 0 Å². The molecular weight excluding hydrogens is 346 g/mol. The second kappa shape index (κ2) is 7.77. The molecule has 24 heavy (non-hydrogen) atoms. The monoisotopic (exact) mass is 363 g/mol. The van der Waals surface area contributed by atoms with E-state index in [1.54, 1.807) is 29.6 Å². The van der Waals surface area contributed by atoms with E-state index in [4.69, 9.17) is 11.6 Å². The van der Waals surface area contributed by atoms with Crippen LogP contribution in [-0.2, 0) is 16.0 Å². The minimum atomic E-state index is -0.170. The fraction of sp³-hybridized carbons (Fsp3) is 0.353. The van der Waals surface area contributed by atoms with Gasteiger partial charge in [-0.05, 0) is 31.0 Å². The number of amides is 2. The van der Waals surface area contributed by atoms with Crippen molar-refractivity contribution in [1.82, 2.24) is 4.98 Å². The maximum Gasteiger partial charge on any atom is 0.230 e. The van der Waals surface area contributed by atoms with Crippen LogP contribution in [0.2, 0.25) is 5.02 Å². The van der Waals surface area contributed by atoms with Gasteiger partial charge in [-0.2, -0.15) is 0 Å². The van der Waals surface area contributed by atoms with Crippen LogP contribution < -0.4 is 10.6 Å². The van der Waals surface area contributed by atoms with Gasteiger partial charge in [0.2, 0.25) is 11.8 Å². The Morgan fingerprint density at radius 2 is 2.04 bits per heavy atom. The van der Waals surface area contributed by atoms with Crippen LogP contribution in [0.15, 0.2) is 29.6 Å². The van der Waals surface area contributed by atoms with E-state index in [-0.39, 0.29) is 24.2 Å². The second-order valence-electron chi connectivity index (χ2n) is 5.85. The first-order chi connectivity index (χ1) is 11.6. The Bertz CT molecular complexity index is 741. The molecule has 1 heterocycles. The highest BCUT2D eigenvalue weighted by Gasteiger charge is 2.23. The smallest absolute Gasteiger partial charge is 0.230 e. The van der Waals surface area contributed by atoms with Crippen molar-refractivity contribution in [3.8, 4) is 0 Å². The van der Waals surface area contributed by atoms with E-state index in [9.17, 15) is 9.59 Å². The van der Waals surface area contributed by atoms with Gasteiger partial charge < -0.3 is 10.6 Å². The molecule has 7 heteroatoms. The van der Waals surface area contributed by atoms with E-state index in [1.165, 1.54) is 11.3 Å². The standard InChI is InChI=1S/C17H18ClN3O2S/c18-12-6-3-7-13(8-12)19-15(22)9-14-10-24-17(20-14)21-16(23)11-4-1-2-5-11/h3,6-8,10-11H,1-2,4-5,9H2,(H,19,22)(H,20,21,23). The number of hydrogen-bond donors (Lipinski definition) is 2. The maximum atomic E-state index is 12.1. The van der Waals surface area contributed by atoms with Crippen molar-refractivity contribution in [1.29, 1.82) is 0 Å². The molecule has 0 aliphatic heterocycles. The third-order valence-corrected chi connectivity index (χ3v) is 5.00. The number of carbonyl (C=O) groups excluding carboxylic acids is 2. The SMILES string of the molecule is O=C(Cc1csc(NC(=O)C2CCCC2)n1)Nc1cccc(Cl)c1. The topological polar surface area (TPSA) is 71.1 Å². The van der Waals surface area contributed by atoms with Crippen molar-refractivity contribution in [3.05, 3.63) is 40.4 Å². The number of anilines is 2. The van der Waals surface area contributed by atoms with Crippen LogP contribution in [0.25, 0.3) is 0 Å². The number of thiazole rings is 1. The lowest BCUT2D eigenvalue weighted by Gasteiger charge is -2.07. The molecule has 0 unspecified atom stereocenters. The van der Waals surface area contributed by atoms with Gasteiger partial charge in [-0.3, -0.25) is 9.59 Å². The first kappa shape index (κ1) is 16.9. The highest BCUT2D eigenvalue weighted by molar-refractivity contribution is 7.13. The summed E-state index contributed by atoms with van der Waals surface area (Å²) in [6.07, 6.45) is 4.29. The number of carbonyl (C=O) groups is 2. The lowest BCUT2D eigenvalue weighted by Crippen LogP contribution is -2.20. The molecule has 1 aliphatic carbocycles. The van der Waals surface area contributed by atoms with E-state index in [0.29, 0.717) is 21.5 Å². The molecule has 0 radical (unpaired) electrons. The van der Waals surface area contributed by atoms with Gasteiger partial charge in [-0.15, -0.1) is 11.3 Å². The summed E-state index contributed by atoms with van der Waals surface area (Å²) in [5.41, 5.74) is 1.29. The Morgan fingerprint density at radius 3 is 2.79 bits per heavy atom. The number of benzene rings is 1. The highest BCUT2D eigenvalue weighted by Crippen LogP contribution is 2.26. The van der Waals surface area contributed by atoms with Crippen molar-refractivity contribution in [2.24, 2.45) is 5.92 Å². The minimum absolute atomic E-state index is 0.0387. The number of nitrogens with zero attached hydrogens (tertiary/aromatic N) is 1. The van der Waals surface area contributed by atoms with Crippen molar-refractivity contribution in [2.45, 2.75) is 32.1 Å². The number of hydrogen-bond acceptors (Lipinski definition) is 4. The Hall–Kier alpha value is -1.92. The maximum absolute atomic E-state index is 12.1.